The van der Waals surface area contributed by atoms with E-state index in [-0.39, 0.29) is 6.03 Å². The predicted octanol–water partition coefficient (Wildman–Crippen LogP) is 4.54. The van der Waals surface area contributed by atoms with Crippen molar-refractivity contribution in [3.8, 4) is 17.2 Å². The molecular weight excluding hydrogens is 404 g/mol. The number of piperazine rings is 1. The number of amides is 2. The molecular formula is C25H30N4O3. The third kappa shape index (κ3) is 4.11. The minimum Gasteiger partial charge on any atom is -0.493 e. The zero-order chi connectivity index (χ0) is 21.9. The van der Waals surface area contributed by atoms with E-state index in [1.54, 1.807) is 7.11 Å². The first kappa shape index (κ1) is 20.7. The summed E-state index contributed by atoms with van der Waals surface area (Å²) in [4.78, 5) is 21.9. The van der Waals surface area contributed by atoms with Crippen molar-refractivity contribution in [3.63, 3.8) is 0 Å². The minimum absolute atomic E-state index is 0.0649. The number of urea groups is 1. The number of ether oxygens (including phenoxy) is 2. The Hall–Kier alpha value is -3.22. The van der Waals surface area contributed by atoms with Gasteiger partial charge in [-0.2, -0.15) is 0 Å². The molecule has 1 saturated carbocycles. The molecule has 2 aromatic carbocycles. The van der Waals surface area contributed by atoms with Gasteiger partial charge in [0.15, 0.2) is 17.2 Å². The normalized spacial score (nSPS) is 18.6. The summed E-state index contributed by atoms with van der Waals surface area (Å²) in [7, 11) is 1.65. The summed E-state index contributed by atoms with van der Waals surface area (Å²) >= 11 is 0. The summed E-state index contributed by atoms with van der Waals surface area (Å²) in [5.74, 6) is 2.92. The van der Waals surface area contributed by atoms with Crippen LogP contribution in [-0.2, 0) is 0 Å². The van der Waals surface area contributed by atoms with E-state index in [1.807, 2.05) is 47.4 Å². The van der Waals surface area contributed by atoms with Crippen molar-refractivity contribution < 1.29 is 14.3 Å². The van der Waals surface area contributed by atoms with E-state index >= 15 is 0 Å². The first-order chi connectivity index (χ1) is 15.7. The molecule has 5 rings (SSSR count). The van der Waals surface area contributed by atoms with Crippen LogP contribution in [0.4, 0.5) is 10.5 Å². The molecule has 0 bridgehead atoms. The number of hydrogen-bond donors (Lipinski definition) is 1. The van der Waals surface area contributed by atoms with E-state index < -0.39 is 0 Å². The minimum atomic E-state index is 0.0649. The molecule has 0 atom stereocenters. The standard InChI is InChI=1S/C25H30N4O3/c1-31-22-13-7-10-19-23(22)32-21-12-6-5-11-20(21)27-24(19)28-14-16-29(17-15-28)25(30)26-18-8-3-2-4-9-18/h5-7,10-13,18H,2-4,8-9,14-17H2,1H3,(H,26,30). The first-order valence-electron chi connectivity index (χ1n) is 11.6. The Morgan fingerprint density at radius 1 is 1.03 bits per heavy atom. The summed E-state index contributed by atoms with van der Waals surface area (Å²) < 4.78 is 11.8. The van der Waals surface area contributed by atoms with Gasteiger partial charge in [-0.25, -0.2) is 9.79 Å². The number of benzene rings is 2. The lowest BCUT2D eigenvalue weighted by molar-refractivity contribution is 0.164. The monoisotopic (exact) mass is 434 g/mol. The zero-order valence-electron chi connectivity index (χ0n) is 18.5. The van der Waals surface area contributed by atoms with Crippen molar-refractivity contribution in [2.45, 2.75) is 38.1 Å². The number of hydrogen-bond acceptors (Lipinski definition) is 5. The molecule has 0 aromatic heterocycles. The smallest absolute Gasteiger partial charge is 0.317 e. The van der Waals surface area contributed by atoms with Crippen LogP contribution < -0.4 is 14.8 Å². The van der Waals surface area contributed by atoms with Gasteiger partial charge in [-0.15, -0.1) is 0 Å². The van der Waals surface area contributed by atoms with Gasteiger partial charge in [-0.1, -0.05) is 37.5 Å². The number of amidine groups is 1. The fraction of sp³-hybridized carbons (Fsp3) is 0.440. The van der Waals surface area contributed by atoms with Gasteiger partial charge in [-0.3, -0.25) is 0 Å². The molecule has 3 aliphatic rings. The average Bonchev–Trinajstić information content (AvgIpc) is 3.01. The number of nitrogens with one attached hydrogen (secondary N) is 1. The quantitative estimate of drug-likeness (QED) is 0.754. The Kier molecular flexibility index (Phi) is 5.88. The number of carbonyl (C=O) groups excluding carboxylic acids is 1. The van der Waals surface area contributed by atoms with E-state index in [0.29, 0.717) is 36.4 Å². The molecule has 1 N–H and O–H groups in total. The van der Waals surface area contributed by atoms with Gasteiger partial charge in [0.05, 0.1) is 12.7 Å². The molecule has 2 amide bonds. The second-order valence-electron chi connectivity index (χ2n) is 8.60. The van der Waals surface area contributed by atoms with Gasteiger partial charge >= 0.3 is 6.03 Å². The van der Waals surface area contributed by atoms with Crippen LogP contribution >= 0.6 is 0 Å². The van der Waals surface area contributed by atoms with Gasteiger partial charge in [-0.05, 0) is 37.1 Å². The fourth-order valence-corrected chi connectivity index (χ4v) is 4.75. The number of nitrogens with zero attached hydrogens (tertiary/aromatic N) is 3. The lowest BCUT2D eigenvalue weighted by Crippen LogP contribution is -2.54. The van der Waals surface area contributed by atoms with Crippen LogP contribution in [0, 0.1) is 0 Å². The Morgan fingerprint density at radius 2 is 1.81 bits per heavy atom. The highest BCUT2D eigenvalue weighted by atomic mass is 16.5. The van der Waals surface area contributed by atoms with Gasteiger partial charge in [0.2, 0.25) is 0 Å². The molecule has 1 saturated heterocycles. The topological polar surface area (TPSA) is 66.4 Å². The summed E-state index contributed by atoms with van der Waals surface area (Å²) in [6.45, 7) is 2.77. The second kappa shape index (κ2) is 9.10. The van der Waals surface area contributed by atoms with Gasteiger partial charge < -0.3 is 24.6 Å². The van der Waals surface area contributed by atoms with E-state index in [0.717, 1.165) is 43.0 Å². The Morgan fingerprint density at radius 3 is 2.59 bits per heavy atom. The molecule has 168 valence electrons. The predicted molar refractivity (Wildman–Crippen MR) is 124 cm³/mol. The maximum atomic E-state index is 12.8. The highest BCUT2D eigenvalue weighted by Crippen LogP contribution is 2.42. The molecule has 0 spiro atoms. The van der Waals surface area contributed by atoms with Crippen molar-refractivity contribution in [1.29, 1.82) is 0 Å². The average molecular weight is 435 g/mol. The van der Waals surface area contributed by atoms with E-state index in [1.165, 1.54) is 19.3 Å². The summed E-state index contributed by atoms with van der Waals surface area (Å²) in [6.07, 6.45) is 5.91. The number of carbonyl (C=O) groups is 1. The molecule has 1 aliphatic carbocycles. The van der Waals surface area contributed by atoms with Crippen molar-refractivity contribution in [3.05, 3.63) is 48.0 Å². The molecule has 0 radical (unpaired) electrons. The van der Waals surface area contributed by atoms with Crippen LogP contribution in [0.2, 0.25) is 0 Å². The van der Waals surface area contributed by atoms with Crippen LogP contribution in [0.15, 0.2) is 47.5 Å². The molecule has 2 aromatic rings. The molecule has 2 heterocycles. The number of aliphatic imine (C=N–C) groups is 1. The highest BCUT2D eigenvalue weighted by molar-refractivity contribution is 6.04. The maximum Gasteiger partial charge on any atom is 0.317 e. The van der Waals surface area contributed by atoms with Crippen LogP contribution in [0.25, 0.3) is 0 Å². The molecule has 32 heavy (non-hydrogen) atoms. The summed E-state index contributed by atoms with van der Waals surface area (Å²) in [5.41, 5.74) is 1.69. The van der Waals surface area contributed by atoms with Crippen LogP contribution in [-0.4, -0.2) is 61.0 Å². The van der Waals surface area contributed by atoms with Crippen molar-refractivity contribution in [1.82, 2.24) is 15.1 Å². The molecule has 7 heteroatoms. The third-order valence-electron chi connectivity index (χ3n) is 6.54. The van der Waals surface area contributed by atoms with E-state index in [9.17, 15) is 4.79 Å². The third-order valence-corrected chi connectivity index (χ3v) is 6.54. The van der Waals surface area contributed by atoms with Gasteiger partial charge in [0.25, 0.3) is 0 Å². The number of methoxy groups -OCH3 is 1. The van der Waals surface area contributed by atoms with Crippen molar-refractivity contribution in [2.75, 3.05) is 33.3 Å². The van der Waals surface area contributed by atoms with Gasteiger partial charge in [0, 0.05) is 32.2 Å². The number of para-hydroxylation sites is 3. The van der Waals surface area contributed by atoms with Crippen molar-refractivity contribution in [2.24, 2.45) is 4.99 Å². The Labute approximate surface area is 189 Å². The summed E-state index contributed by atoms with van der Waals surface area (Å²) in [6, 6.07) is 14.1. The fourth-order valence-electron chi connectivity index (χ4n) is 4.75. The SMILES string of the molecule is COc1cccc2c1Oc1ccccc1N=C2N1CCN(C(=O)NC2CCCCC2)CC1. The summed E-state index contributed by atoms with van der Waals surface area (Å²) in [5, 5.41) is 3.24. The lowest BCUT2D eigenvalue weighted by Gasteiger charge is -2.37. The first-order valence-corrected chi connectivity index (χ1v) is 11.6. The Balaban J connectivity index is 1.35. The number of fused-ring (bicyclic) bond motifs is 2. The lowest BCUT2D eigenvalue weighted by atomic mass is 9.96. The Bertz CT molecular complexity index is 1010. The van der Waals surface area contributed by atoms with Gasteiger partial charge in [0.1, 0.15) is 11.5 Å². The molecule has 0 unspecified atom stereocenters. The largest absolute Gasteiger partial charge is 0.493 e. The number of rotatable bonds is 2. The molecule has 2 aliphatic heterocycles. The van der Waals surface area contributed by atoms with Crippen LogP contribution in [0.3, 0.4) is 0 Å². The maximum absolute atomic E-state index is 12.8. The highest BCUT2D eigenvalue weighted by Gasteiger charge is 2.29. The van der Waals surface area contributed by atoms with Crippen molar-refractivity contribution >= 4 is 17.6 Å². The van der Waals surface area contributed by atoms with Crippen LogP contribution in [0.1, 0.15) is 37.7 Å². The molecule has 2 fully saturated rings. The van der Waals surface area contributed by atoms with E-state index in [2.05, 4.69) is 10.2 Å². The van der Waals surface area contributed by atoms with Crippen LogP contribution in [0.5, 0.6) is 17.2 Å². The second-order valence-corrected chi connectivity index (χ2v) is 8.60. The zero-order valence-corrected chi connectivity index (χ0v) is 18.5. The molecule has 7 nitrogen and oxygen atoms in total. The van der Waals surface area contributed by atoms with E-state index in [4.69, 9.17) is 14.5 Å².